The van der Waals surface area contributed by atoms with E-state index in [0.29, 0.717) is 28.8 Å². The minimum absolute atomic E-state index is 0.0411. The molecule has 6 nitrogen and oxygen atoms in total. The fourth-order valence-corrected chi connectivity index (χ4v) is 9.71. The monoisotopic (exact) mass is 561 g/mol. The average molecular weight is 562 g/mol. The number of aromatic nitrogens is 1. The highest BCUT2D eigenvalue weighted by Crippen LogP contribution is 2.67. The number of esters is 2. The summed E-state index contributed by atoms with van der Waals surface area (Å²) in [5, 5.41) is 0. The molecule has 0 saturated heterocycles. The molecule has 4 fully saturated rings. The number of aryl methyl sites for hydroxylation is 1. The molecule has 0 spiro atoms. The van der Waals surface area contributed by atoms with Gasteiger partial charge in [0.2, 0.25) is 0 Å². The summed E-state index contributed by atoms with van der Waals surface area (Å²) in [7, 11) is 1.97. The summed E-state index contributed by atoms with van der Waals surface area (Å²) in [6.45, 7) is 17.7. The standard InChI is InChI=1S/C35H49N2O4/c1-20-27(30(38)40-25-18-23-10-14-34(25,7)32(23,3)4)29(22-12-16-37(9)17-13-22)28(21(2)36-20)31(39)41-26-19-24-11-15-35(26,8)33(24,5)6/h12-13,16-17,23-27,29H,10-11,14-15,18-19H2,1-9H3/q+1. The summed E-state index contributed by atoms with van der Waals surface area (Å²) in [4.78, 5) is 33.2. The van der Waals surface area contributed by atoms with Gasteiger partial charge in [-0.2, -0.15) is 0 Å². The van der Waals surface area contributed by atoms with Crippen LogP contribution < -0.4 is 4.57 Å². The maximum atomic E-state index is 14.2. The molecule has 0 amide bonds. The van der Waals surface area contributed by atoms with Gasteiger partial charge in [-0.15, -0.1) is 0 Å². The zero-order valence-corrected chi connectivity index (χ0v) is 26.5. The Balaban J connectivity index is 1.33. The number of hydrogen-bond donors (Lipinski definition) is 0. The second-order valence-corrected chi connectivity index (χ2v) is 15.5. The Morgan fingerprint density at radius 3 is 1.83 bits per heavy atom. The summed E-state index contributed by atoms with van der Waals surface area (Å²) >= 11 is 0. The van der Waals surface area contributed by atoms with Crippen molar-refractivity contribution in [3.05, 3.63) is 41.4 Å². The van der Waals surface area contributed by atoms with Crippen LogP contribution in [0.3, 0.4) is 0 Å². The number of rotatable bonds is 5. The highest BCUT2D eigenvalue weighted by molar-refractivity contribution is 6.07. The molecular formula is C35H49N2O4+. The topological polar surface area (TPSA) is 68.8 Å². The third-order valence-corrected chi connectivity index (χ3v) is 13.6. The minimum Gasteiger partial charge on any atom is -0.461 e. The first-order valence-corrected chi connectivity index (χ1v) is 15.7. The van der Waals surface area contributed by atoms with Crippen LogP contribution in [-0.4, -0.2) is 29.9 Å². The van der Waals surface area contributed by atoms with E-state index in [2.05, 4.69) is 41.5 Å². The van der Waals surface area contributed by atoms with Crippen LogP contribution in [0, 0.1) is 39.4 Å². The summed E-state index contributed by atoms with van der Waals surface area (Å²) in [5.74, 6) is -0.662. The van der Waals surface area contributed by atoms with Crippen LogP contribution in [0.25, 0.3) is 0 Å². The molecule has 6 rings (SSSR count). The van der Waals surface area contributed by atoms with Crippen molar-refractivity contribution in [1.82, 2.24) is 0 Å². The van der Waals surface area contributed by atoms with Crippen molar-refractivity contribution in [1.29, 1.82) is 0 Å². The Morgan fingerprint density at radius 1 is 0.854 bits per heavy atom. The molecule has 1 aromatic rings. The largest absolute Gasteiger partial charge is 0.461 e. The number of pyridine rings is 1. The molecule has 41 heavy (non-hydrogen) atoms. The van der Waals surface area contributed by atoms with E-state index in [9.17, 15) is 9.59 Å². The quantitative estimate of drug-likeness (QED) is 0.305. The second-order valence-electron chi connectivity index (χ2n) is 15.5. The molecule has 4 aliphatic carbocycles. The molecule has 4 bridgehead atoms. The fraction of sp³-hybridized carbons (Fsp3) is 0.714. The van der Waals surface area contributed by atoms with E-state index in [1.165, 1.54) is 12.8 Å². The molecule has 0 N–H and O–H groups in total. The maximum Gasteiger partial charge on any atom is 0.336 e. The fourth-order valence-electron chi connectivity index (χ4n) is 9.71. The van der Waals surface area contributed by atoms with Crippen LogP contribution in [0.15, 0.2) is 40.8 Å². The highest BCUT2D eigenvalue weighted by Gasteiger charge is 2.64. The molecule has 5 aliphatic rings. The molecule has 4 saturated carbocycles. The number of allylic oxidation sites excluding steroid dienone is 1. The van der Waals surface area contributed by atoms with Crippen molar-refractivity contribution < 1.29 is 23.6 Å². The Hall–Kier alpha value is -2.50. The van der Waals surface area contributed by atoms with Crippen molar-refractivity contribution in [2.75, 3.05) is 0 Å². The lowest BCUT2D eigenvalue weighted by atomic mass is 9.69. The Kier molecular flexibility index (Phi) is 6.45. The Morgan fingerprint density at radius 2 is 1.37 bits per heavy atom. The van der Waals surface area contributed by atoms with E-state index in [1.54, 1.807) is 0 Å². The second kappa shape index (κ2) is 9.25. The van der Waals surface area contributed by atoms with E-state index >= 15 is 0 Å². The number of aliphatic imine (C=N–C) groups is 1. The van der Waals surface area contributed by atoms with E-state index in [4.69, 9.17) is 14.5 Å². The van der Waals surface area contributed by atoms with Gasteiger partial charge < -0.3 is 9.47 Å². The molecule has 8 atom stereocenters. The van der Waals surface area contributed by atoms with Gasteiger partial charge in [0, 0.05) is 40.3 Å². The predicted octanol–water partition coefficient (Wildman–Crippen LogP) is 6.48. The van der Waals surface area contributed by atoms with Gasteiger partial charge in [-0.3, -0.25) is 9.79 Å². The highest BCUT2D eigenvalue weighted by atomic mass is 16.6. The van der Waals surface area contributed by atoms with Crippen molar-refractivity contribution in [2.45, 2.75) is 112 Å². The van der Waals surface area contributed by atoms with Crippen molar-refractivity contribution >= 4 is 17.7 Å². The van der Waals surface area contributed by atoms with E-state index in [1.807, 2.05) is 50.0 Å². The van der Waals surface area contributed by atoms with Crippen LogP contribution in [0.1, 0.15) is 105 Å². The first-order valence-electron chi connectivity index (χ1n) is 15.7. The zero-order chi connectivity index (χ0) is 29.7. The van der Waals surface area contributed by atoms with E-state index in [0.717, 1.165) is 31.2 Å². The molecule has 0 radical (unpaired) electrons. The van der Waals surface area contributed by atoms with Crippen LogP contribution >= 0.6 is 0 Å². The zero-order valence-electron chi connectivity index (χ0n) is 26.5. The maximum absolute atomic E-state index is 14.2. The molecule has 1 aliphatic heterocycles. The van der Waals surface area contributed by atoms with Crippen LogP contribution in [-0.2, 0) is 26.1 Å². The van der Waals surface area contributed by atoms with Gasteiger partial charge >= 0.3 is 11.9 Å². The normalized spacial score (nSPS) is 40.1. The van der Waals surface area contributed by atoms with Crippen molar-refractivity contribution in [2.24, 2.45) is 51.5 Å². The van der Waals surface area contributed by atoms with Gasteiger partial charge in [0.05, 0.1) is 5.57 Å². The smallest absolute Gasteiger partial charge is 0.336 e. The third kappa shape index (κ3) is 3.94. The predicted molar refractivity (Wildman–Crippen MR) is 158 cm³/mol. The number of ether oxygens (including phenoxy) is 2. The van der Waals surface area contributed by atoms with Gasteiger partial charge in [-0.1, -0.05) is 41.5 Å². The first-order chi connectivity index (χ1) is 19.1. The molecule has 222 valence electrons. The summed E-state index contributed by atoms with van der Waals surface area (Å²) < 4.78 is 14.8. The van der Waals surface area contributed by atoms with Crippen LogP contribution in [0.4, 0.5) is 0 Å². The molecule has 6 heteroatoms. The van der Waals surface area contributed by atoms with Crippen LogP contribution in [0.2, 0.25) is 0 Å². The van der Waals surface area contributed by atoms with Crippen molar-refractivity contribution in [3.8, 4) is 0 Å². The van der Waals surface area contributed by atoms with Gasteiger partial charge in [0.25, 0.3) is 0 Å². The number of nitrogens with zero attached hydrogens (tertiary/aromatic N) is 2. The Bertz CT molecular complexity index is 1340. The number of carbonyl (C=O) groups excluding carboxylic acids is 2. The minimum atomic E-state index is -0.674. The molecule has 2 heterocycles. The number of carbonyl (C=O) groups is 2. The number of fused-ring (bicyclic) bond motifs is 4. The summed E-state index contributed by atoms with van der Waals surface area (Å²) in [5.41, 5.74) is 2.91. The summed E-state index contributed by atoms with van der Waals surface area (Å²) in [6, 6.07) is 4.02. The lowest BCUT2D eigenvalue weighted by molar-refractivity contribution is -0.671. The van der Waals surface area contributed by atoms with Crippen molar-refractivity contribution in [3.63, 3.8) is 0 Å². The molecular weight excluding hydrogens is 512 g/mol. The summed E-state index contributed by atoms with van der Waals surface area (Å²) in [6.07, 6.45) is 10.0. The SMILES string of the molecule is CC1=NC(C)=C(C(=O)OC2CC3CCC2(C)C3(C)C)C(c2cc[n+](C)cc2)C1C(=O)OC1CC2CCC1(C)C2(C)C. The van der Waals surface area contributed by atoms with Gasteiger partial charge in [0.15, 0.2) is 12.4 Å². The van der Waals surface area contributed by atoms with Gasteiger partial charge in [-0.25, -0.2) is 9.36 Å². The van der Waals surface area contributed by atoms with E-state index < -0.39 is 11.8 Å². The van der Waals surface area contributed by atoms with E-state index in [-0.39, 0.29) is 45.8 Å². The molecule has 0 aromatic carbocycles. The Labute approximate surface area is 246 Å². The first kappa shape index (κ1) is 28.6. The number of hydrogen-bond acceptors (Lipinski definition) is 5. The lowest BCUT2D eigenvalue weighted by Gasteiger charge is -2.40. The molecule has 8 unspecified atom stereocenters. The van der Waals surface area contributed by atoms with Gasteiger partial charge in [0.1, 0.15) is 25.2 Å². The van der Waals surface area contributed by atoms with Gasteiger partial charge in [-0.05, 0) is 80.6 Å². The average Bonchev–Trinajstić information content (AvgIpc) is 3.41. The van der Waals surface area contributed by atoms with Crippen LogP contribution in [0.5, 0.6) is 0 Å². The lowest BCUT2D eigenvalue weighted by Crippen LogP contribution is -2.43. The third-order valence-electron chi connectivity index (χ3n) is 13.6. The molecule has 1 aromatic heterocycles.